The fourth-order valence-corrected chi connectivity index (χ4v) is 2.33. The van der Waals surface area contributed by atoms with Gasteiger partial charge in [0.25, 0.3) is 0 Å². The van der Waals surface area contributed by atoms with Crippen molar-refractivity contribution in [3.05, 3.63) is 64.4 Å². The van der Waals surface area contributed by atoms with Crippen LogP contribution in [0, 0.1) is 0 Å². The maximum absolute atomic E-state index is 9.43. The summed E-state index contributed by atoms with van der Waals surface area (Å²) >= 11 is 3.40. The van der Waals surface area contributed by atoms with E-state index in [0.717, 1.165) is 16.5 Å². The van der Waals surface area contributed by atoms with Gasteiger partial charge in [0.2, 0.25) is 0 Å². The molecule has 0 aliphatic rings. The summed E-state index contributed by atoms with van der Waals surface area (Å²) in [6, 6.07) is 12.3. The van der Waals surface area contributed by atoms with Crippen molar-refractivity contribution in [2.75, 3.05) is 6.61 Å². The molecule has 100 valence electrons. The Morgan fingerprint density at radius 3 is 2.63 bits per heavy atom. The van der Waals surface area contributed by atoms with Gasteiger partial charge in [0, 0.05) is 29.5 Å². The molecule has 0 aliphatic carbocycles. The highest BCUT2D eigenvalue weighted by molar-refractivity contribution is 9.10. The quantitative estimate of drug-likeness (QED) is 0.859. The normalized spacial score (nSPS) is 12.3. The highest BCUT2D eigenvalue weighted by Crippen LogP contribution is 2.10. The molecule has 0 saturated carbocycles. The summed E-state index contributed by atoms with van der Waals surface area (Å²) < 4.78 is 0.968. The van der Waals surface area contributed by atoms with Gasteiger partial charge in [-0.3, -0.25) is 4.98 Å². The summed E-state index contributed by atoms with van der Waals surface area (Å²) in [6.45, 7) is 0.820. The zero-order chi connectivity index (χ0) is 13.5. The van der Waals surface area contributed by atoms with Gasteiger partial charge in [-0.2, -0.15) is 0 Å². The van der Waals surface area contributed by atoms with Crippen LogP contribution in [-0.2, 0) is 13.0 Å². The minimum Gasteiger partial charge on any atom is -0.395 e. The standard InChI is InChI=1S/C15H17BrN2O/c16-14-6-13(8-17-10-14)9-18-15(11-19)7-12-4-2-1-3-5-12/h1-6,8,10,15,18-19H,7,9,11H2/t15-/m0/s1. The predicted molar refractivity (Wildman–Crippen MR) is 79.8 cm³/mol. The lowest BCUT2D eigenvalue weighted by molar-refractivity contribution is 0.241. The van der Waals surface area contributed by atoms with Gasteiger partial charge in [-0.25, -0.2) is 0 Å². The van der Waals surface area contributed by atoms with Gasteiger partial charge >= 0.3 is 0 Å². The maximum Gasteiger partial charge on any atom is 0.0587 e. The Kier molecular flexibility index (Phi) is 5.51. The molecule has 0 unspecified atom stereocenters. The van der Waals surface area contributed by atoms with Crippen LogP contribution >= 0.6 is 15.9 Å². The molecule has 0 bridgehead atoms. The number of hydrogen-bond donors (Lipinski definition) is 2. The molecule has 0 saturated heterocycles. The molecule has 3 nitrogen and oxygen atoms in total. The first kappa shape index (κ1) is 14.2. The van der Waals surface area contributed by atoms with E-state index in [0.29, 0.717) is 6.54 Å². The molecule has 0 spiro atoms. The highest BCUT2D eigenvalue weighted by atomic mass is 79.9. The zero-order valence-corrected chi connectivity index (χ0v) is 12.2. The predicted octanol–water partition coefficient (Wildman–Crippen LogP) is 2.54. The molecule has 19 heavy (non-hydrogen) atoms. The lowest BCUT2D eigenvalue weighted by atomic mass is 10.1. The molecular weight excluding hydrogens is 304 g/mol. The summed E-state index contributed by atoms with van der Waals surface area (Å²) in [6.07, 6.45) is 4.41. The number of nitrogens with one attached hydrogen (secondary N) is 1. The van der Waals surface area contributed by atoms with Gasteiger partial charge in [0.05, 0.1) is 6.61 Å². The summed E-state index contributed by atoms with van der Waals surface area (Å²) in [4.78, 5) is 4.12. The zero-order valence-electron chi connectivity index (χ0n) is 10.6. The van der Waals surface area contributed by atoms with Gasteiger partial charge in [-0.15, -0.1) is 0 Å². The van der Waals surface area contributed by atoms with Crippen LogP contribution in [0.1, 0.15) is 11.1 Å². The molecule has 0 aliphatic heterocycles. The molecular formula is C15H17BrN2O. The van der Waals surface area contributed by atoms with Gasteiger partial charge < -0.3 is 10.4 Å². The Labute approximate surface area is 121 Å². The topological polar surface area (TPSA) is 45.1 Å². The van der Waals surface area contributed by atoms with Crippen LogP contribution in [0.3, 0.4) is 0 Å². The third-order valence-corrected chi connectivity index (χ3v) is 3.34. The molecule has 2 N–H and O–H groups in total. The first-order valence-corrected chi connectivity index (χ1v) is 7.05. The van der Waals surface area contributed by atoms with Gasteiger partial charge in [0.15, 0.2) is 0 Å². The average Bonchev–Trinajstić information content (AvgIpc) is 2.44. The first-order chi connectivity index (χ1) is 9.28. The van der Waals surface area contributed by atoms with Crippen molar-refractivity contribution in [3.8, 4) is 0 Å². The van der Waals surface area contributed by atoms with Crippen molar-refractivity contribution >= 4 is 15.9 Å². The third-order valence-electron chi connectivity index (χ3n) is 2.90. The smallest absolute Gasteiger partial charge is 0.0587 e. The number of aromatic nitrogens is 1. The highest BCUT2D eigenvalue weighted by Gasteiger charge is 2.08. The lowest BCUT2D eigenvalue weighted by Crippen LogP contribution is -2.34. The van der Waals surface area contributed by atoms with E-state index in [1.165, 1.54) is 5.56 Å². The number of pyridine rings is 1. The van der Waals surface area contributed by atoms with E-state index >= 15 is 0 Å². The van der Waals surface area contributed by atoms with Crippen molar-refractivity contribution < 1.29 is 5.11 Å². The van der Waals surface area contributed by atoms with E-state index in [2.05, 4.69) is 38.4 Å². The van der Waals surface area contributed by atoms with Crippen molar-refractivity contribution in [1.29, 1.82) is 0 Å². The Morgan fingerprint density at radius 1 is 1.16 bits per heavy atom. The van der Waals surface area contributed by atoms with Crippen LogP contribution in [0.4, 0.5) is 0 Å². The molecule has 1 aromatic heterocycles. The number of aliphatic hydroxyl groups is 1. The lowest BCUT2D eigenvalue weighted by Gasteiger charge is -2.16. The van der Waals surface area contributed by atoms with E-state index in [-0.39, 0.29) is 12.6 Å². The van der Waals surface area contributed by atoms with E-state index in [9.17, 15) is 5.11 Å². The second kappa shape index (κ2) is 7.38. The average molecular weight is 321 g/mol. The van der Waals surface area contributed by atoms with Crippen molar-refractivity contribution in [2.24, 2.45) is 0 Å². The Morgan fingerprint density at radius 2 is 1.95 bits per heavy atom. The molecule has 1 atom stereocenters. The fourth-order valence-electron chi connectivity index (χ4n) is 1.91. The van der Waals surface area contributed by atoms with Gasteiger partial charge in [-0.05, 0) is 39.5 Å². The van der Waals surface area contributed by atoms with Crippen LogP contribution in [0.5, 0.6) is 0 Å². The minimum atomic E-state index is 0.0568. The third kappa shape index (κ3) is 4.74. The number of aliphatic hydroxyl groups excluding tert-OH is 1. The second-order valence-electron chi connectivity index (χ2n) is 4.46. The van der Waals surface area contributed by atoms with E-state index in [4.69, 9.17) is 0 Å². The fraction of sp³-hybridized carbons (Fsp3) is 0.267. The van der Waals surface area contributed by atoms with E-state index in [1.54, 1.807) is 6.20 Å². The van der Waals surface area contributed by atoms with Gasteiger partial charge in [-0.1, -0.05) is 30.3 Å². The van der Waals surface area contributed by atoms with Crippen LogP contribution < -0.4 is 5.32 Å². The summed E-state index contributed by atoms with van der Waals surface area (Å²) in [5, 5.41) is 12.8. The molecule has 4 heteroatoms. The number of benzene rings is 1. The molecule has 2 rings (SSSR count). The Bertz CT molecular complexity index is 505. The molecule has 0 fully saturated rings. The van der Waals surface area contributed by atoms with Crippen molar-refractivity contribution in [3.63, 3.8) is 0 Å². The monoisotopic (exact) mass is 320 g/mol. The summed E-state index contributed by atoms with van der Waals surface area (Å²) in [5.41, 5.74) is 2.32. The summed E-state index contributed by atoms with van der Waals surface area (Å²) in [5.74, 6) is 0. The van der Waals surface area contributed by atoms with Crippen LogP contribution in [-0.4, -0.2) is 22.7 Å². The van der Waals surface area contributed by atoms with Gasteiger partial charge in [0.1, 0.15) is 0 Å². The Balaban J connectivity index is 1.89. The SMILES string of the molecule is OC[C@H](Cc1ccccc1)NCc1cncc(Br)c1. The van der Waals surface area contributed by atoms with Crippen molar-refractivity contribution in [1.82, 2.24) is 10.3 Å². The maximum atomic E-state index is 9.43. The number of nitrogens with zero attached hydrogens (tertiary/aromatic N) is 1. The van der Waals surface area contributed by atoms with Crippen LogP contribution in [0.15, 0.2) is 53.3 Å². The largest absolute Gasteiger partial charge is 0.395 e. The van der Waals surface area contributed by atoms with E-state index in [1.807, 2.05) is 30.5 Å². The number of rotatable bonds is 6. The molecule has 1 heterocycles. The van der Waals surface area contributed by atoms with Crippen LogP contribution in [0.25, 0.3) is 0 Å². The van der Waals surface area contributed by atoms with Crippen molar-refractivity contribution in [2.45, 2.75) is 19.0 Å². The first-order valence-electron chi connectivity index (χ1n) is 6.25. The number of halogens is 1. The van der Waals surface area contributed by atoms with E-state index < -0.39 is 0 Å². The molecule has 0 radical (unpaired) electrons. The summed E-state index contributed by atoms with van der Waals surface area (Å²) in [7, 11) is 0. The molecule has 0 amide bonds. The minimum absolute atomic E-state index is 0.0568. The second-order valence-corrected chi connectivity index (χ2v) is 5.38. The molecule has 2 aromatic rings. The number of hydrogen-bond acceptors (Lipinski definition) is 3. The Hall–Kier alpha value is -1.23. The van der Waals surface area contributed by atoms with Crippen LogP contribution in [0.2, 0.25) is 0 Å². The molecule has 1 aromatic carbocycles.